The smallest absolute Gasteiger partial charge is 0.234 e. The van der Waals surface area contributed by atoms with Crippen LogP contribution in [0, 0.1) is 6.92 Å². The van der Waals surface area contributed by atoms with Crippen molar-refractivity contribution < 1.29 is 9.53 Å². The van der Waals surface area contributed by atoms with Gasteiger partial charge in [-0.25, -0.2) is 0 Å². The summed E-state index contributed by atoms with van der Waals surface area (Å²) in [5, 5.41) is 4.84. The fourth-order valence-corrected chi connectivity index (χ4v) is 2.09. The molecule has 1 aromatic rings. The Morgan fingerprint density at radius 3 is 2.68 bits per heavy atom. The van der Waals surface area contributed by atoms with E-state index in [2.05, 4.69) is 5.10 Å². The van der Waals surface area contributed by atoms with Crippen LogP contribution in [0.15, 0.2) is 0 Å². The molecule has 108 valence electrons. The predicted molar refractivity (Wildman–Crippen MR) is 73.9 cm³/mol. The topological polar surface area (TPSA) is 73.4 Å². The Bertz CT molecular complexity index is 447. The third-order valence-electron chi connectivity index (χ3n) is 3.17. The molecule has 1 rings (SSSR count). The molecule has 1 amide bonds. The SMILES string of the molecule is COCCN(Cc1c(C)nn(C)c1Cl)C(C)C(N)=O. The van der Waals surface area contributed by atoms with Gasteiger partial charge in [-0.3, -0.25) is 14.4 Å². The summed E-state index contributed by atoms with van der Waals surface area (Å²) in [4.78, 5) is 13.3. The number of nitrogens with zero attached hydrogens (tertiary/aromatic N) is 3. The zero-order valence-corrected chi connectivity index (χ0v) is 12.6. The van der Waals surface area contributed by atoms with Gasteiger partial charge in [0.05, 0.1) is 18.3 Å². The molecule has 0 aliphatic carbocycles. The van der Waals surface area contributed by atoms with Crippen LogP contribution in [0.4, 0.5) is 0 Å². The first kappa shape index (κ1) is 15.9. The Kier molecular flexibility index (Phi) is 5.78. The van der Waals surface area contributed by atoms with Gasteiger partial charge in [-0.2, -0.15) is 5.10 Å². The van der Waals surface area contributed by atoms with Crippen LogP contribution in [0.5, 0.6) is 0 Å². The third kappa shape index (κ3) is 3.92. The minimum atomic E-state index is -0.383. The summed E-state index contributed by atoms with van der Waals surface area (Å²) >= 11 is 6.20. The van der Waals surface area contributed by atoms with E-state index in [0.29, 0.717) is 24.8 Å². The molecule has 7 heteroatoms. The van der Waals surface area contributed by atoms with Gasteiger partial charge in [-0.05, 0) is 13.8 Å². The number of amides is 1. The fourth-order valence-electron chi connectivity index (χ4n) is 1.85. The van der Waals surface area contributed by atoms with Crippen molar-refractivity contribution in [3.63, 3.8) is 0 Å². The maximum atomic E-state index is 11.4. The Morgan fingerprint density at radius 1 is 1.63 bits per heavy atom. The van der Waals surface area contributed by atoms with E-state index in [4.69, 9.17) is 22.1 Å². The maximum Gasteiger partial charge on any atom is 0.234 e. The summed E-state index contributed by atoms with van der Waals surface area (Å²) in [7, 11) is 3.41. The highest BCUT2D eigenvalue weighted by molar-refractivity contribution is 6.30. The van der Waals surface area contributed by atoms with Gasteiger partial charge in [0.25, 0.3) is 0 Å². The number of hydrogen-bond donors (Lipinski definition) is 1. The minimum absolute atomic E-state index is 0.367. The first-order valence-electron chi connectivity index (χ1n) is 6.08. The van der Waals surface area contributed by atoms with Gasteiger partial charge in [-0.15, -0.1) is 0 Å². The van der Waals surface area contributed by atoms with Crippen LogP contribution in [-0.2, 0) is 23.1 Å². The van der Waals surface area contributed by atoms with E-state index in [0.717, 1.165) is 11.3 Å². The van der Waals surface area contributed by atoms with Gasteiger partial charge in [-0.1, -0.05) is 11.6 Å². The van der Waals surface area contributed by atoms with E-state index in [1.807, 2.05) is 11.8 Å². The van der Waals surface area contributed by atoms with Crippen LogP contribution in [0.3, 0.4) is 0 Å². The maximum absolute atomic E-state index is 11.4. The van der Waals surface area contributed by atoms with Gasteiger partial charge in [0.1, 0.15) is 5.15 Å². The van der Waals surface area contributed by atoms with Crippen molar-refractivity contribution >= 4 is 17.5 Å². The molecule has 1 aromatic heterocycles. The molecule has 0 radical (unpaired) electrons. The highest BCUT2D eigenvalue weighted by Gasteiger charge is 2.22. The Labute approximate surface area is 118 Å². The van der Waals surface area contributed by atoms with Crippen molar-refractivity contribution in [1.82, 2.24) is 14.7 Å². The van der Waals surface area contributed by atoms with Gasteiger partial charge in [0, 0.05) is 32.8 Å². The number of methoxy groups -OCH3 is 1. The molecular weight excluding hydrogens is 268 g/mol. The highest BCUT2D eigenvalue weighted by Crippen LogP contribution is 2.21. The molecule has 0 aromatic carbocycles. The molecule has 0 spiro atoms. The number of hydrogen-bond acceptors (Lipinski definition) is 4. The number of carbonyl (C=O) groups is 1. The second kappa shape index (κ2) is 6.88. The lowest BCUT2D eigenvalue weighted by Crippen LogP contribution is -2.43. The molecule has 0 fully saturated rings. The Morgan fingerprint density at radius 2 is 2.26 bits per heavy atom. The molecule has 0 aliphatic heterocycles. The molecule has 0 saturated carbocycles. The van der Waals surface area contributed by atoms with E-state index >= 15 is 0 Å². The normalized spacial score (nSPS) is 12.9. The molecule has 19 heavy (non-hydrogen) atoms. The van der Waals surface area contributed by atoms with Crippen molar-refractivity contribution in [2.24, 2.45) is 12.8 Å². The number of rotatable bonds is 7. The summed E-state index contributed by atoms with van der Waals surface area (Å²) in [6.45, 7) is 5.31. The van der Waals surface area contributed by atoms with E-state index in [-0.39, 0.29) is 11.9 Å². The Balaban J connectivity index is 2.90. The predicted octanol–water partition coefficient (Wildman–Crippen LogP) is 0.704. The lowest BCUT2D eigenvalue weighted by molar-refractivity contribution is -0.123. The fraction of sp³-hybridized carbons (Fsp3) is 0.667. The molecule has 2 N–H and O–H groups in total. The second-order valence-corrected chi connectivity index (χ2v) is 4.88. The Hall–Kier alpha value is -1.11. The van der Waals surface area contributed by atoms with Crippen molar-refractivity contribution in [2.75, 3.05) is 20.3 Å². The van der Waals surface area contributed by atoms with Crippen LogP contribution >= 0.6 is 11.6 Å². The van der Waals surface area contributed by atoms with Crippen molar-refractivity contribution in [3.05, 3.63) is 16.4 Å². The van der Waals surface area contributed by atoms with E-state index in [1.54, 1.807) is 25.8 Å². The third-order valence-corrected chi connectivity index (χ3v) is 3.65. The highest BCUT2D eigenvalue weighted by atomic mass is 35.5. The number of carbonyl (C=O) groups excluding carboxylic acids is 1. The van der Waals surface area contributed by atoms with Crippen LogP contribution in [0.2, 0.25) is 5.15 Å². The summed E-state index contributed by atoms with van der Waals surface area (Å²) < 4.78 is 6.68. The average Bonchev–Trinajstić information content (AvgIpc) is 2.59. The van der Waals surface area contributed by atoms with Gasteiger partial charge >= 0.3 is 0 Å². The van der Waals surface area contributed by atoms with Crippen LogP contribution in [0.25, 0.3) is 0 Å². The monoisotopic (exact) mass is 288 g/mol. The first-order valence-corrected chi connectivity index (χ1v) is 6.46. The number of halogens is 1. The molecule has 6 nitrogen and oxygen atoms in total. The van der Waals surface area contributed by atoms with Gasteiger partial charge in [0.15, 0.2) is 0 Å². The minimum Gasteiger partial charge on any atom is -0.383 e. The van der Waals surface area contributed by atoms with Crippen LogP contribution in [-0.4, -0.2) is 46.9 Å². The zero-order valence-electron chi connectivity index (χ0n) is 11.8. The van der Waals surface area contributed by atoms with E-state index < -0.39 is 0 Å². The number of nitrogens with two attached hydrogens (primary N) is 1. The summed E-state index contributed by atoms with van der Waals surface area (Å²) in [5.74, 6) is -0.367. The first-order chi connectivity index (χ1) is 8.88. The molecular formula is C12H21ClN4O2. The molecule has 0 saturated heterocycles. The van der Waals surface area contributed by atoms with Gasteiger partial charge < -0.3 is 10.5 Å². The molecule has 0 aliphatic rings. The van der Waals surface area contributed by atoms with Gasteiger partial charge in [0.2, 0.25) is 5.91 Å². The summed E-state index contributed by atoms with van der Waals surface area (Å²) in [5.41, 5.74) is 7.13. The van der Waals surface area contributed by atoms with Crippen LogP contribution in [0.1, 0.15) is 18.2 Å². The lowest BCUT2D eigenvalue weighted by Gasteiger charge is -2.26. The quantitative estimate of drug-likeness (QED) is 0.802. The number of aromatic nitrogens is 2. The largest absolute Gasteiger partial charge is 0.383 e. The summed E-state index contributed by atoms with van der Waals surface area (Å²) in [6.07, 6.45) is 0. The van der Waals surface area contributed by atoms with Crippen molar-refractivity contribution in [3.8, 4) is 0 Å². The number of primary amides is 1. The lowest BCUT2D eigenvalue weighted by atomic mass is 10.2. The molecule has 1 unspecified atom stereocenters. The number of ether oxygens (including phenoxy) is 1. The number of aryl methyl sites for hydroxylation is 2. The molecule has 1 heterocycles. The van der Waals surface area contributed by atoms with Crippen molar-refractivity contribution in [2.45, 2.75) is 26.4 Å². The van der Waals surface area contributed by atoms with E-state index in [1.165, 1.54) is 0 Å². The van der Waals surface area contributed by atoms with Crippen LogP contribution < -0.4 is 5.73 Å². The van der Waals surface area contributed by atoms with E-state index in [9.17, 15) is 4.79 Å². The molecule has 1 atom stereocenters. The second-order valence-electron chi connectivity index (χ2n) is 4.52. The average molecular weight is 289 g/mol. The summed E-state index contributed by atoms with van der Waals surface area (Å²) in [6, 6.07) is -0.383. The standard InChI is InChI=1S/C12H21ClN4O2/c1-8-10(11(13)16(3)15-8)7-17(5-6-19-4)9(2)12(14)18/h9H,5-7H2,1-4H3,(H2,14,18). The van der Waals surface area contributed by atoms with Crippen molar-refractivity contribution in [1.29, 1.82) is 0 Å². The zero-order chi connectivity index (χ0) is 14.6. The molecule has 0 bridgehead atoms.